The summed E-state index contributed by atoms with van der Waals surface area (Å²) in [7, 11) is -3.76. The average Bonchev–Trinajstić information content (AvgIpc) is 2.90. The second-order valence-electron chi connectivity index (χ2n) is 5.74. The summed E-state index contributed by atoms with van der Waals surface area (Å²) in [5.41, 5.74) is 1.41. The van der Waals surface area contributed by atoms with Crippen LogP contribution in [-0.2, 0) is 14.8 Å². The molecule has 1 atom stereocenters. The molecule has 1 aliphatic heterocycles. The number of hydrogen-bond acceptors (Lipinski definition) is 5. The highest BCUT2D eigenvalue weighted by atomic mass is 32.2. The van der Waals surface area contributed by atoms with E-state index < -0.39 is 16.1 Å². The number of nitrogens with one attached hydrogen (secondary N) is 2. The van der Waals surface area contributed by atoms with Crippen molar-refractivity contribution in [1.29, 1.82) is 0 Å². The summed E-state index contributed by atoms with van der Waals surface area (Å²) in [5.74, 6) is 0.272. The number of oxazole rings is 1. The predicted octanol–water partition coefficient (Wildman–Crippen LogP) is 1.60. The minimum atomic E-state index is -3.76. The van der Waals surface area contributed by atoms with Crippen LogP contribution in [0.2, 0.25) is 0 Å². The van der Waals surface area contributed by atoms with E-state index in [2.05, 4.69) is 15.0 Å². The lowest BCUT2D eigenvalue weighted by Gasteiger charge is -2.15. The van der Waals surface area contributed by atoms with Crippen molar-refractivity contribution in [2.24, 2.45) is 0 Å². The fraction of sp³-hybridized carbons (Fsp3) is 0.375. The summed E-state index contributed by atoms with van der Waals surface area (Å²) in [4.78, 5) is 16.2. The molecule has 2 heterocycles. The molecule has 0 bridgehead atoms. The first-order chi connectivity index (χ1) is 11.5. The molecule has 2 aromatic rings. The first-order valence-corrected chi connectivity index (χ1v) is 9.27. The minimum Gasteiger partial charge on any atom is -0.449 e. The molecule has 3 rings (SSSR count). The van der Waals surface area contributed by atoms with Crippen LogP contribution in [0.3, 0.4) is 0 Å². The van der Waals surface area contributed by atoms with Crippen LogP contribution in [-0.4, -0.2) is 31.9 Å². The van der Waals surface area contributed by atoms with Crippen molar-refractivity contribution >= 4 is 15.9 Å². The summed E-state index contributed by atoms with van der Waals surface area (Å²) in [6.07, 6.45) is 3.68. The monoisotopic (exact) mass is 349 g/mol. The van der Waals surface area contributed by atoms with Gasteiger partial charge in [0.1, 0.15) is 18.0 Å². The van der Waals surface area contributed by atoms with E-state index >= 15 is 0 Å². The van der Waals surface area contributed by atoms with Crippen LogP contribution in [0.4, 0.5) is 0 Å². The molecule has 8 heteroatoms. The van der Waals surface area contributed by atoms with E-state index in [0.29, 0.717) is 24.6 Å². The van der Waals surface area contributed by atoms with Crippen LogP contribution in [0.15, 0.2) is 39.8 Å². The second-order valence-corrected chi connectivity index (χ2v) is 7.45. The molecule has 0 radical (unpaired) electrons. The van der Waals surface area contributed by atoms with Crippen molar-refractivity contribution in [3.63, 3.8) is 0 Å². The lowest BCUT2D eigenvalue weighted by atomic mass is 10.1. The number of aromatic nitrogens is 1. The van der Waals surface area contributed by atoms with Gasteiger partial charge in [0.15, 0.2) is 5.89 Å². The Kier molecular flexibility index (Phi) is 4.68. The summed E-state index contributed by atoms with van der Waals surface area (Å²) < 4.78 is 32.6. The van der Waals surface area contributed by atoms with Crippen molar-refractivity contribution in [2.45, 2.75) is 37.1 Å². The van der Waals surface area contributed by atoms with Crippen LogP contribution < -0.4 is 10.0 Å². The number of carbonyl (C=O) groups is 1. The van der Waals surface area contributed by atoms with Gasteiger partial charge in [-0.3, -0.25) is 4.79 Å². The number of amides is 1. The van der Waals surface area contributed by atoms with Crippen molar-refractivity contribution in [1.82, 2.24) is 15.0 Å². The summed E-state index contributed by atoms with van der Waals surface area (Å²) in [5, 5.41) is 2.72. The van der Waals surface area contributed by atoms with Crippen LogP contribution in [0.5, 0.6) is 0 Å². The summed E-state index contributed by atoms with van der Waals surface area (Å²) >= 11 is 0. The average molecular weight is 349 g/mol. The Morgan fingerprint density at radius 2 is 2.00 bits per heavy atom. The number of rotatable bonds is 4. The summed E-state index contributed by atoms with van der Waals surface area (Å²) in [6, 6.07) is 5.60. The highest BCUT2D eigenvalue weighted by Crippen LogP contribution is 2.21. The second kappa shape index (κ2) is 6.74. The molecule has 7 nitrogen and oxygen atoms in total. The van der Waals surface area contributed by atoms with E-state index in [1.165, 1.54) is 18.4 Å². The van der Waals surface area contributed by atoms with Gasteiger partial charge in [-0.15, -0.1) is 0 Å². The molecule has 1 saturated heterocycles. The first-order valence-electron chi connectivity index (χ1n) is 7.78. The first kappa shape index (κ1) is 16.7. The third-order valence-electron chi connectivity index (χ3n) is 3.91. The molecule has 1 fully saturated rings. The minimum absolute atomic E-state index is 0.114. The maximum absolute atomic E-state index is 12.5. The Morgan fingerprint density at radius 1 is 1.25 bits per heavy atom. The van der Waals surface area contributed by atoms with Crippen molar-refractivity contribution in [2.75, 3.05) is 6.54 Å². The largest absolute Gasteiger partial charge is 0.449 e. The van der Waals surface area contributed by atoms with Gasteiger partial charge in [-0.05, 0) is 31.4 Å². The fourth-order valence-electron chi connectivity index (χ4n) is 2.61. The quantitative estimate of drug-likeness (QED) is 0.873. The molecule has 0 aliphatic carbocycles. The number of aryl methyl sites for hydroxylation is 1. The van der Waals surface area contributed by atoms with Crippen LogP contribution in [0, 0.1) is 6.92 Å². The van der Waals surface area contributed by atoms with Gasteiger partial charge >= 0.3 is 0 Å². The highest BCUT2D eigenvalue weighted by molar-refractivity contribution is 7.89. The van der Waals surface area contributed by atoms with Gasteiger partial charge in [-0.1, -0.05) is 12.1 Å². The van der Waals surface area contributed by atoms with Crippen LogP contribution in [0.25, 0.3) is 11.3 Å². The normalized spacial score (nSPS) is 18.9. The van der Waals surface area contributed by atoms with Gasteiger partial charge in [-0.2, -0.15) is 4.72 Å². The molecule has 1 aromatic carbocycles. The summed E-state index contributed by atoms with van der Waals surface area (Å²) in [6.45, 7) is 2.33. The zero-order valence-electron chi connectivity index (χ0n) is 13.3. The van der Waals surface area contributed by atoms with E-state index in [4.69, 9.17) is 4.42 Å². The molecule has 0 unspecified atom stereocenters. The smallest absolute Gasteiger partial charge is 0.241 e. The predicted molar refractivity (Wildman–Crippen MR) is 87.6 cm³/mol. The van der Waals surface area contributed by atoms with Gasteiger partial charge in [0, 0.05) is 19.0 Å². The topological polar surface area (TPSA) is 101 Å². The third kappa shape index (κ3) is 3.65. The Balaban J connectivity index is 1.78. The van der Waals surface area contributed by atoms with Crippen molar-refractivity contribution in [3.05, 3.63) is 36.4 Å². The van der Waals surface area contributed by atoms with E-state index in [1.54, 1.807) is 19.1 Å². The zero-order valence-corrected chi connectivity index (χ0v) is 14.1. The van der Waals surface area contributed by atoms with Gasteiger partial charge in [-0.25, -0.2) is 13.4 Å². The van der Waals surface area contributed by atoms with Gasteiger partial charge in [0.25, 0.3) is 0 Å². The molecule has 24 heavy (non-hydrogen) atoms. The molecule has 1 aliphatic rings. The van der Waals surface area contributed by atoms with Crippen molar-refractivity contribution in [3.8, 4) is 11.3 Å². The Hall–Kier alpha value is -2.19. The van der Waals surface area contributed by atoms with Gasteiger partial charge < -0.3 is 9.73 Å². The van der Waals surface area contributed by atoms with E-state index in [0.717, 1.165) is 18.4 Å². The molecule has 2 N–H and O–H groups in total. The number of sulfonamides is 1. The van der Waals surface area contributed by atoms with Crippen molar-refractivity contribution < 1.29 is 17.6 Å². The Bertz CT molecular complexity index is 827. The maximum atomic E-state index is 12.5. The SMILES string of the molecule is Cc1nc(-c2ccc(S(=O)(=O)N[C@H]3CCCCNC3=O)cc2)co1. The molecule has 1 aromatic heterocycles. The zero-order chi connectivity index (χ0) is 17.2. The molecule has 1 amide bonds. The Labute approximate surface area is 140 Å². The molecule has 128 valence electrons. The molecule has 0 saturated carbocycles. The fourth-order valence-corrected chi connectivity index (χ4v) is 3.84. The number of hydrogen-bond donors (Lipinski definition) is 2. The molecule has 0 spiro atoms. The van der Waals surface area contributed by atoms with Crippen LogP contribution >= 0.6 is 0 Å². The van der Waals surface area contributed by atoms with Gasteiger partial charge in [0.2, 0.25) is 15.9 Å². The lowest BCUT2D eigenvalue weighted by molar-refractivity contribution is -0.122. The maximum Gasteiger partial charge on any atom is 0.241 e. The number of nitrogens with zero attached hydrogens (tertiary/aromatic N) is 1. The number of carbonyl (C=O) groups excluding carboxylic acids is 1. The van der Waals surface area contributed by atoms with Gasteiger partial charge in [0.05, 0.1) is 4.90 Å². The van der Waals surface area contributed by atoms with E-state index in [1.807, 2.05) is 0 Å². The third-order valence-corrected chi connectivity index (χ3v) is 5.40. The molecular weight excluding hydrogens is 330 g/mol. The van der Waals surface area contributed by atoms with E-state index in [-0.39, 0.29) is 10.8 Å². The lowest BCUT2D eigenvalue weighted by Crippen LogP contribution is -2.45. The van der Waals surface area contributed by atoms with Crippen LogP contribution in [0.1, 0.15) is 25.2 Å². The Morgan fingerprint density at radius 3 is 2.67 bits per heavy atom. The standard InChI is InChI=1S/C16H19N3O4S/c1-11-18-15(10-23-11)12-5-7-13(8-6-12)24(21,22)19-14-4-2-3-9-17-16(14)20/h5-8,10,14,19H,2-4,9H2,1H3,(H,17,20)/t14-/m0/s1. The molecular formula is C16H19N3O4S. The van der Waals surface area contributed by atoms with E-state index in [9.17, 15) is 13.2 Å². The number of benzene rings is 1. The highest BCUT2D eigenvalue weighted by Gasteiger charge is 2.26.